The second-order valence-corrected chi connectivity index (χ2v) is 8.96. The van der Waals surface area contributed by atoms with Gasteiger partial charge in [-0.25, -0.2) is 17.4 Å². The third kappa shape index (κ3) is 5.12. The van der Waals surface area contributed by atoms with Gasteiger partial charge in [-0.3, -0.25) is 4.79 Å². The van der Waals surface area contributed by atoms with Crippen molar-refractivity contribution in [1.82, 2.24) is 8.96 Å². The minimum Gasteiger partial charge on any atom is -0.406 e. The number of pyridine rings is 1. The molecule has 2 aromatic heterocycles. The van der Waals surface area contributed by atoms with Gasteiger partial charge in [-0.05, 0) is 54.6 Å². The van der Waals surface area contributed by atoms with E-state index in [1.165, 1.54) is 25.4 Å². The van der Waals surface area contributed by atoms with Gasteiger partial charge >= 0.3 is 6.36 Å². The number of anilines is 3. The van der Waals surface area contributed by atoms with E-state index in [0.29, 0.717) is 28.1 Å². The Morgan fingerprint density at radius 1 is 1.00 bits per heavy atom. The lowest BCUT2D eigenvalue weighted by Crippen LogP contribution is -2.17. The number of benzene rings is 2. The van der Waals surface area contributed by atoms with Crippen molar-refractivity contribution < 1.29 is 31.1 Å². The molecule has 0 radical (unpaired) electrons. The largest absolute Gasteiger partial charge is 0.573 e. The first kappa shape index (κ1) is 23.1. The van der Waals surface area contributed by atoms with E-state index in [4.69, 9.17) is 0 Å². The van der Waals surface area contributed by atoms with Crippen LogP contribution in [0.15, 0.2) is 78.0 Å². The van der Waals surface area contributed by atoms with Crippen LogP contribution in [0.2, 0.25) is 0 Å². The summed E-state index contributed by atoms with van der Waals surface area (Å²) in [4.78, 5) is 15.2. The number of hydrogen-bond acceptors (Lipinski definition) is 6. The van der Waals surface area contributed by atoms with Gasteiger partial charge in [0, 0.05) is 42.1 Å². The number of fused-ring (bicyclic) bond motifs is 1. The van der Waals surface area contributed by atoms with E-state index in [-0.39, 0.29) is 10.8 Å². The van der Waals surface area contributed by atoms with Crippen LogP contribution in [0, 0.1) is 0 Å². The highest BCUT2D eigenvalue weighted by atomic mass is 32.2. The van der Waals surface area contributed by atoms with E-state index in [9.17, 15) is 26.4 Å². The molecule has 176 valence electrons. The second-order valence-electron chi connectivity index (χ2n) is 7.15. The van der Waals surface area contributed by atoms with E-state index in [2.05, 4.69) is 20.4 Å². The molecule has 2 heterocycles. The first-order chi connectivity index (χ1) is 16.0. The highest BCUT2D eigenvalue weighted by molar-refractivity contribution is 7.90. The SMILES string of the molecule is CC(=O)Nc1ccc(Nc2cc3c(ccn3S(=O)(=O)c3ccc(OC(F)(F)F)cc3)cn2)cc1. The molecular weight excluding hydrogens is 473 g/mol. The summed E-state index contributed by atoms with van der Waals surface area (Å²) >= 11 is 0. The number of nitrogens with one attached hydrogen (secondary N) is 2. The molecule has 12 heteroatoms. The summed E-state index contributed by atoms with van der Waals surface area (Å²) < 4.78 is 68.2. The molecule has 0 spiro atoms. The third-order valence-electron chi connectivity index (χ3n) is 4.63. The van der Waals surface area contributed by atoms with Crippen LogP contribution in [0.1, 0.15) is 6.92 Å². The first-order valence-electron chi connectivity index (χ1n) is 9.74. The average molecular weight is 490 g/mol. The quantitative estimate of drug-likeness (QED) is 0.400. The summed E-state index contributed by atoms with van der Waals surface area (Å²) in [5.74, 6) is -0.356. The van der Waals surface area contributed by atoms with Gasteiger partial charge in [-0.2, -0.15) is 0 Å². The van der Waals surface area contributed by atoms with E-state index in [1.807, 2.05) is 0 Å². The lowest BCUT2D eigenvalue weighted by atomic mass is 10.2. The molecule has 4 aromatic rings. The van der Waals surface area contributed by atoms with Crippen molar-refractivity contribution >= 4 is 44.0 Å². The fourth-order valence-electron chi connectivity index (χ4n) is 3.20. The second kappa shape index (κ2) is 8.71. The van der Waals surface area contributed by atoms with Crippen LogP contribution in [-0.4, -0.2) is 29.6 Å². The highest BCUT2D eigenvalue weighted by Gasteiger charge is 2.31. The summed E-state index contributed by atoms with van der Waals surface area (Å²) in [7, 11) is -4.11. The number of carbonyl (C=O) groups is 1. The van der Waals surface area contributed by atoms with Crippen LogP contribution in [-0.2, 0) is 14.8 Å². The number of amides is 1. The first-order valence-corrected chi connectivity index (χ1v) is 11.2. The van der Waals surface area contributed by atoms with Crippen LogP contribution >= 0.6 is 0 Å². The Morgan fingerprint density at radius 3 is 2.26 bits per heavy atom. The number of alkyl halides is 3. The van der Waals surface area contributed by atoms with Gasteiger partial charge in [-0.15, -0.1) is 13.2 Å². The molecule has 0 saturated heterocycles. The number of aromatic nitrogens is 2. The van der Waals surface area contributed by atoms with Crippen molar-refractivity contribution in [3.05, 3.63) is 73.1 Å². The fraction of sp³-hybridized carbons (Fsp3) is 0.0909. The van der Waals surface area contributed by atoms with E-state index in [1.54, 1.807) is 30.3 Å². The topological polar surface area (TPSA) is 102 Å². The molecule has 1 amide bonds. The van der Waals surface area contributed by atoms with Crippen molar-refractivity contribution in [3.63, 3.8) is 0 Å². The normalized spacial score (nSPS) is 11.9. The van der Waals surface area contributed by atoms with Crippen molar-refractivity contribution in [1.29, 1.82) is 0 Å². The summed E-state index contributed by atoms with van der Waals surface area (Å²) in [5.41, 5.74) is 1.60. The Balaban J connectivity index is 1.61. The van der Waals surface area contributed by atoms with Crippen LogP contribution < -0.4 is 15.4 Å². The Morgan fingerprint density at radius 2 is 1.65 bits per heavy atom. The zero-order valence-electron chi connectivity index (χ0n) is 17.5. The molecule has 34 heavy (non-hydrogen) atoms. The van der Waals surface area contributed by atoms with E-state index >= 15 is 0 Å². The Hall–Kier alpha value is -4.06. The molecular formula is C22H17F3N4O4S. The average Bonchev–Trinajstić information content (AvgIpc) is 3.18. The molecule has 0 fully saturated rings. The molecule has 0 aliphatic heterocycles. The standard InChI is InChI=1S/C22H17F3N4O4S/c1-14(30)27-16-2-4-17(5-3-16)28-21-12-20-15(13-26-21)10-11-29(20)34(31,32)19-8-6-18(7-9-19)33-22(23,24)25/h2-13H,1H3,(H,26,28)(H,27,30). The minimum atomic E-state index is -4.88. The zero-order valence-corrected chi connectivity index (χ0v) is 18.3. The predicted octanol–water partition coefficient (Wildman–Crippen LogP) is 4.87. The molecule has 4 rings (SSSR count). The Kier molecular flexibility index (Phi) is 5.92. The summed E-state index contributed by atoms with van der Waals surface area (Å²) in [6.07, 6.45) is -2.04. The molecule has 8 nitrogen and oxygen atoms in total. The van der Waals surface area contributed by atoms with Gasteiger partial charge in [-0.1, -0.05) is 0 Å². The molecule has 2 N–H and O–H groups in total. The van der Waals surface area contributed by atoms with Gasteiger partial charge in [0.2, 0.25) is 5.91 Å². The molecule has 0 aliphatic rings. The van der Waals surface area contributed by atoms with Crippen molar-refractivity contribution in [2.75, 3.05) is 10.6 Å². The van der Waals surface area contributed by atoms with Crippen LogP contribution in [0.3, 0.4) is 0 Å². The number of halogens is 3. The van der Waals surface area contributed by atoms with E-state index in [0.717, 1.165) is 28.2 Å². The summed E-state index contributed by atoms with van der Waals surface area (Å²) in [6.45, 7) is 1.40. The molecule has 0 saturated carbocycles. The fourth-order valence-corrected chi connectivity index (χ4v) is 4.54. The molecule has 0 unspecified atom stereocenters. The molecule has 0 atom stereocenters. The van der Waals surface area contributed by atoms with Gasteiger partial charge < -0.3 is 15.4 Å². The van der Waals surface area contributed by atoms with Gasteiger partial charge in [0.25, 0.3) is 10.0 Å². The van der Waals surface area contributed by atoms with Crippen molar-refractivity contribution in [2.24, 2.45) is 0 Å². The van der Waals surface area contributed by atoms with Gasteiger partial charge in [0.1, 0.15) is 11.6 Å². The minimum absolute atomic E-state index is 0.197. The third-order valence-corrected chi connectivity index (χ3v) is 6.33. The lowest BCUT2D eigenvalue weighted by molar-refractivity contribution is -0.274. The Labute approximate surface area is 192 Å². The lowest BCUT2D eigenvalue weighted by Gasteiger charge is -2.11. The molecule has 0 aliphatic carbocycles. The van der Waals surface area contributed by atoms with Gasteiger partial charge in [0.15, 0.2) is 0 Å². The maximum atomic E-state index is 13.1. The summed E-state index contributed by atoms with van der Waals surface area (Å²) in [6, 6.07) is 13.9. The van der Waals surface area contributed by atoms with Crippen molar-refractivity contribution in [2.45, 2.75) is 18.2 Å². The maximum Gasteiger partial charge on any atom is 0.573 e. The van der Waals surface area contributed by atoms with Crippen molar-refractivity contribution in [3.8, 4) is 5.75 Å². The van der Waals surface area contributed by atoms with Crippen LogP contribution in [0.5, 0.6) is 5.75 Å². The number of hydrogen-bond donors (Lipinski definition) is 2. The number of carbonyl (C=O) groups excluding carboxylic acids is 1. The summed E-state index contributed by atoms with van der Waals surface area (Å²) in [5, 5.41) is 6.26. The van der Waals surface area contributed by atoms with Crippen LogP contribution in [0.25, 0.3) is 10.9 Å². The number of rotatable bonds is 6. The Bertz CT molecular complexity index is 1450. The molecule has 0 bridgehead atoms. The smallest absolute Gasteiger partial charge is 0.406 e. The monoisotopic (exact) mass is 490 g/mol. The van der Waals surface area contributed by atoms with Gasteiger partial charge in [0.05, 0.1) is 10.4 Å². The maximum absolute atomic E-state index is 13.1. The highest BCUT2D eigenvalue weighted by Crippen LogP contribution is 2.28. The predicted molar refractivity (Wildman–Crippen MR) is 119 cm³/mol. The van der Waals surface area contributed by atoms with E-state index < -0.39 is 22.1 Å². The number of nitrogens with zero attached hydrogens (tertiary/aromatic N) is 2. The zero-order chi connectivity index (χ0) is 24.5. The molecule has 2 aromatic carbocycles. The number of ether oxygens (including phenoxy) is 1. The van der Waals surface area contributed by atoms with Crippen LogP contribution in [0.4, 0.5) is 30.4 Å².